The molecule has 0 radical (unpaired) electrons. The van der Waals surface area contributed by atoms with Crippen molar-refractivity contribution in [3.8, 4) is 5.75 Å². The fraction of sp³-hybridized carbons (Fsp3) is 0.458. The van der Waals surface area contributed by atoms with E-state index < -0.39 is 0 Å². The first kappa shape index (κ1) is 22.7. The predicted molar refractivity (Wildman–Crippen MR) is 117 cm³/mol. The number of aromatic nitrogens is 1. The molecule has 1 amide bonds. The Morgan fingerprint density at radius 2 is 1.91 bits per heavy atom. The van der Waals surface area contributed by atoms with Crippen LogP contribution in [0.3, 0.4) is 0 Å². The van der Waals surface area contributed by atoms with Crippen LogP contribution in [0.4, 0.5) is 4.39 Å². The summed E-state index contributed by atoms with van der Waals surface area (Å²) in [6, 6.07) is 9.04. The van der Waals surface area contributed by atoms with Gasteiger partial charge in [-0.1, -0.05) is 24.4 Å². The van der Waals surface area contributed by atoms with Gasteiger partial charge in [0.05, 0.1) is 13.2 Å². The smallest absolute Gasteiger partial charge is 0.226 e. The van der Waals surface area contributed by atoms with Crippen LogP contribution in [0.1, 0.15) is 36.0 Å². The van der Waals surface area contributed by atoms with Gasteiger partial charge in [-0.25, -0.2) is 9.37 Å². The Kier molecular flexibility index (Phi) is 7.37. The minimum atomic E-state index is -0.382. The monoisotopic (exact) mass is 460 g/mol. The van der Waals surface area contributed by atoms with Crippen LogP contribution in [0.25, 0.3) is 0 Å². The number of benzene rings is 1. The number of halogens is 2. The number of carbonyl (C=O) groups excluding carboxylic acids is 2. The van der Waals surface area contributed by atoms with Gasteiger partial charge in [0.15, 0.2) is 16.7 Å². The molecule has 3 atom stereocenters. The van der Waals surface area contributed by atoms with Gasteiger partial charge in [0.2, 0.25) is 5.91 Å². The third-order valence-electron chi connectivity index (χ3n) is 6.15. The SMILES string of the molecule is O=C(c1ccc(F)cc1)[C@@H]1CCCC[C@H]1C(=O)N1CCOC(COc2cccnc2Cl)C1. The molecule has 170 valence electrons. The Balaban J connectivity index is 1.40. The summed E-state index contributed by atoms with van der Waals surface area (Å²) in [5, 5.41) is 0.278. The highest BCUT2D eigenvalue weighted by molar-refractivity contribution is 6.30. The second-order valence-electron chi connectivity index (χ2n) is 8.25. The van der Waals surface area contributed by atoms with E-state index in [1.54, 1.807) is 23.2 Å². The first-order valence-corrected chi connectivity index (χ1v) is 11.3. The number of hydrogen-bond acceptors (Lipinski definition) is 5. The summed E-state index contributed by atoms with van der Waals surface area (Å²) in [6.07, 6.45) is 4.47. The first-order valence-electron chi connectivity index (χ1n) is 11.0. The number of hydrogen-bond donors (Lipinski definition) is 0. The number of morpholine rings is 1. The van der Waals surface area contributed by atoms with Gasteiger partial charge in [-0.15, -0.1) is 0 Å². The number of pyridine rings is 1. The molecule has 2 fully saturated rings. The number of amides is 1. The standard InChI is InChI=1S/C24H26ClFN2O4/c25-23-21(6-3-11-27-23)32-15-18-14-28(12-13-31-18)24(30)20-5-2-1-4-19(20)22(29)16-7-9-17(26)10-8-16/h3,6-11,18-20H,1-2,4-5,12-15H2/t18?,19-,20-/m1/s1. The molecule has 6 nitrogen and oxygen atoms in total. The fourth-order valence-electron chi connectivity index (χ4n) is 4.49. The van der Waals surface area contributed by atoms with Crippen molar-refractivity contribution in [3.63, 3.8) is 0 Å². The molecule has 1 saturated carbocycles. The minimum absolute atomic E-state index is 0.0159. The minimum Gasteiger partial charge on any atom is -0.488 e. The molecule has 0 spiro atoms. The van der Waals surface area contributed by atoms with Crippen molar-refractivity contribution in [1.82, 2.24) is 9.88 Å². The van der Waals surface area contributed by atoms with Gasteiger partial charge in [-0.2, -0.15) is 0 Å². The van der Waals surface area contributed by atoms with E-state index in [2.05, 4.69) is 4.98 Å². The van der Waals surface area contributed by atoms with Gasteiger partial charge < -0.3 is 14.4 Å². The van der Waals surface area contributed by atoms with Crippen LogP contribution in [-0.4, -0.2) is 54.0 Å². The van der Waals surface area contributed by atoms with Crippen LogP contribution >= 0.6 is 11.6 Å². The lowest BCUT2D eigenvalue weighted by Crippen LogP contribution is -2.51. The predicted octanol–water partition coefficient (Wildman–Crippen LogP) is 4.17. The molecular formula is C24H26ClFN2O4. The zero-order chi connectivity index (χ0) is 22.5. The van der Waals surface area contributed by atoms with Crippen LogP contribution in [-0.2, 0) is 9.53 Å². The van der Waals surface area contributed by atoms with Gasteiger partial charge in [0.25, 0.3) is 0 Å². The largest absolute Gasteiger partial charge is 0.488 e. The highest BCUT2D eigenvalue weighted by Crippen LogP contribution is 2.34. The highest BCUT2D eigenvalue weighted by atomic mass is 35.5. The number of carbonyl (C=O) groups is 2. The Labute approximate surface area is 191 Å². The van der Waals surface area contributed by atoms with Crippen LogP contribution in [0, 0.1) is 17.7 Å². The van der Waals surface area contributed by atoms with E-state index in [-0.39, 0.29) is 47.2 Å². The zero-order valence-corrected chi connectivity index (χ0v) is 18.5. The van der Waals surface area contributed by atoms with Crippen molar-refractivity contribution in [2.24, 2.45) is 11.8 Å². The molecule has 0 N–H and O–H groups in total. The molecule has 2 aliphatic rings. The second kappa shape index (κ2) is 10.4. The molecule has 4 rings (SSSR count). The lowest BCUT2D eigenvalue weighted by Gasteiger charge is -2.38. The molecule has 8 heteroatoms. The Hall–Kier alpha value is -2.51. The van der Waals surface area contributed by atoms with Crippen molar-refractivity contribution >= 4 is 23.3 Å². The van der Waals surface area contributed by atoms with Gasteiger partial charge in [-0.05, 0) is 49.2 Å². The van der Waals surface area contributed by atoms with Crippen LogP contribution in [0.15, 0.2) is 42.6 Å². The van der Waals surface area contributed by atoms with Gasteiger partial charge in [-0.3, -0.25) is 9.59 Å². The third-order valence-corrected chi connectivity index (χ3v) is 6.43. The van der Waals surface area contributed by atoms with Crippen LogP contribution in [0.5, 0.6) is 5.75 Å². The topological polar surface area (TPSA) is 68.7 Å². The lowest BCUT2D eigenvalue weighted by molar-refractivity contribution is -0.146. The summed E-state index contributed by atoms with van der Waals surface area (Å²) >= 11 is 6.03. The molecule has 0 bridgehead atoms. The summed E-state index contributed by atoms with van der Waals surface area (Å²) in [4.78, 5) is 32.3. The maximum atomic E-state index is 13.4. The number of nitrogens with zero attached hydrogens (tertiary/aromatic N) is 2. The summed E-state index contributed by atoms with van der Waals surface area (Å²) in [5.74, 6) is -0.757. The van der Waals surface area contributed by atoms with E-state index in [0.717, 1.165) is 12.8 Å². The molecule has 1 saturated heterocycles. The van der Waals surface area contributed by atoms with E-state index in [9.17, 15) is 14.0 Å². The summed E-state index contributed by atoms with van der Waals surface area (Å²) < 4.78 is 24.8. The normalized spacial score (nSPS) is 23.6. The van der Waals surface area contributed by atoms with Crippen molar-refractivity contribution in [3.05, 3.63) is 59.1 Å². The third kappa shape index (κ3) is 5.27. The van der Waals surface area contributed by atoms with E-state index in [1.807, 2.05) is 0 Å². The van der Waals surface area contributed by atoms with Crippen molar-refractivity contribution in [1.29, 1.82) is 0 Å². The number of ether oxygens (including phenoxy) is 2. The average Bonchev–Trinajstić information content (AvgIpc) is 2.83. The zero-order valence-electron chi connectivity index (χ0n) is 17.7. The average molecular weight is 461 g/mol. The summed E-state index contributed by atoms with van der Waals surface area (Å²) in [5.41, 5.74) is 0.456. The first-order chi connectivity index (χ1) is 15.5. The molecule has 1 aliphatic carbocycles. The van der Waals surface area contributed by atoms with E-state index in [1.165, 1.54) is 24.3 Å². The van der Waals surface area contributed by atoms with Gasteiger partial charge in [0.1, 0.15) is 18.5 Å². The van der Waals surface area contributed by atoms with E-state index in [4.69, 9.17) is 21.1 Å². The van der Waals surface area contributed by atoms with Crippen molar-refractivity contribution < 1.29 is 23.5 Å². The molecule has 1 unspecified atom stereocenters. The molecule has 1 aliphatic heterocycles. The van der Waals surface area contributed by atoms with Gasteiger partial charge in [0, 0.05) is 30.1 Å². The quantitative estimate of drug-likeness (QED) is 0.478. The molecule has 2 aromatic rings. The van der Waals surface area contributed by atoms with Crippen LogP contribution < -0.4 is 4.74 Å². The fourth-order valence-corrected chi connectivity index (χ4v) is 4.66. The van der Waals surface area contributed by atoms with E-state index >= 15 is 0 Å². The maximum Gasteiger partial charge on any atom is 0.226 e. The number of Topliss-reactive ketones (excluding diaryl/α,β-unsaturated/α-hetero) is 1. The lowest BCUT2D eigenvalue weighted by atomic mass is 9.74. The van der Waals surface area contributed by atoms with Crippen molar-refractivity contribution in [2.45, 2.75) is 31.8 Å². The molecule has 32 heavy (non-hydrogen) atoms. The second-order valence-corrected chi connectivity index (χ2v) is 8.61. The van der Waals surface area contributed by atoms with Crippen molar-refractivity contribution in [2.75, 3.05) is 26.3 Å². The molecule has 2 heterocycles. The molecular weight excluding hydrogens is 435 g/mol. The Bertz CT molecular complexity index is 955. The maximum absolute atomic E-state index is 13.4. The molecule has 1 aromatic heterocycles. The van der Waals surface area contributed by atoms with Crippen LogP contribution in [0.2, 0.25) is 5.15 Å². The number of ketones is 1. The van der Waals surface area contributed by atoms with E-state index in [0.29, 0.717) is 43.9 Å². The summed E-state index contributed by atoms with van der Waals surface area (Å²) in [7, 11) is 0. The van der Waals surface area contributed by atoms with Gasteiger partial charge >= 0.3 is 0 Å². The Morgan fingerprint density at radius 3 is 2.66 bits per heavy atom. The molecule has 1 aromatic carbocycles. The number of rotatable bonds is 6. The highest BCUT2D eigenvalue weighted by Gasteiger charge is 2.39. The summed E-state index contributed by atoms with van der Waals surface area (Å²) in [6.45, 7) is 1.53. The Morgan fingerprint density at radius 1 is 1.16 bits per heavy atom.